The molecule has 0 spiro atoms. The summed E-state index contributed by atoms with van der Waals surface area (Å²) in [5.74, 6) is -1.58. The smallest absolute Gasteiger partial charge is 0.303 e. The molecule has 9 heteroatoms. The normalized spacial score (nSPS) is 31.2. The molecule has 0 radical (unpaired) electrons. The van der Waals surface area contributed by atoms with Crippen LogP contribution in [-0.2, 0) is 38.1 Å². The lowest BCUT2D eigenvalue weighted by Gasteiger charge is -2.42. The van der Waals surface area contributed by atoms with Crippen molar-refractivity contribution in [2.75, 3.05) is 13.7 Å². The van der Waals surface area contributed by atoms with Crippen molar-refractivity contribution in [2.24, 2.45) is 0 Å². The zero-order valence-electron chi connectivity index (χ0n) is 12.7. The second-order valence-electron chi connectivity index (χ2n) is 4.68. The van der Waals surface area contributed by atoms with Gasteiger partial charge in [-0.3, -0.25) is 14.4 Å². The summed E-state index contributed by atoms with van der Waals surface area (Å²) in [5.41, 5.74) is 0. The summed E-state index contributed by atoms with van der Waals surface area (Å²) in [7, 11) is 1.39. The minimum atomic E-state index is -0.889. The van der Waals surface area contributed by atoms with E-state index in [1.54, 1.807) is 0 Å². The van der Waals surface area contributed by atoms with E-state index in [9.17, 15) is 14.4 Å². The molecule has 1 aliphatic rings. The van der Waals surface area contributed by atoms with Crippen LogP contribution < -0.4 is 0 Å². The highest BCUT2D eigenvalue weighted by atomic mass is 79.9. The SMILES string of the molecule is CO[C@@H]1[C@@H](OC(C)=O)[C@@H](Br)O[C@H](COC(C)=O)[C@H]1OC(C)=O. The Morgan fingerprint density at radius 1 is 0.955 bits per heavy atom. The van der Waals surface area contributed by atoms with Gasteiger partial charge in [0.15, 0.2) is 17.2 Å². The lowest BCUT2D eigenvalue weighted by Crippen LogP contribution is -2.60. The Bertz CT molecular complexity index is 426. The maximum absolute atomic E-state index is 11.3. The van der Waals surface area contributed by atoms with E-state index in [0.717, 1.165) is 0 Å². The first-order chi connectivity index (χ1) is 10.3. The van der Waals surface area contributed by atoms with E-state index >= 15 is 0 Å². The molecule has 0 saturated carbocycles. The van der Waals surface area contributed by atoms with E-state index in [2.05, 4.69) is 15.9 Å². The number of alkyl halides is 1. The molecule has 22 heavy (non-hydrogen) atoms. The van der Waals surface area contributed by atoms with Crippen molar-refractivity contribution in [1.29, 1.82) is 0 Å². The predicted octanol–water partition coefficient (Wildman–Crippen LogP) is 0.548. The van der Waals surface area contributed by atoms with Crippen LogP contribution in [0.25, 0.3) is 0 Å². The third-order valence-corrected chi connectivity index (χ3v) is 3.64. The fraction of sp³-hybridized carbons (Fsp3) is 0.769. The number of carbonyl (C=O) groups is 3. The van der Waals surface area contributed by atoms with Gasteiger partial charge in [-0.05, 0) is 0 Å². The second-order valence-corrected chi connectivity index (χ2v) is 5.58. The first-order valence-electron chi connectivity index (χ1n) is 6.56. The highest BCUT2D eigenvalue weighted by Gasteiger charge is 2.49. The van der Waals surface area contributed by atoms with Crippen LogP contribution in [0.1, 0.15) is 20.8 Å². The monoisotopic (exact) mass is 382 g/mol. The zero-order valence-corrected chi connectivity index (χ0v) is 14.3. The maximum atomic E-state index is 11.3. The summed E-state index contributed by atoms with van der Waals surface area (Å²) in [4.78, 5) is 33.5. The molecule has 0 unspecified atom stereocenters. The van der Waals surface area contributed by atoms with Crippen LogP contribution in [0.15, 0.2) is 0 Å². The number of esters is 3. The molecule has 0 amide bonds. The molecule has 1 heterocycles. The van der Waals surface area contributed by atoms with Crippen LogP contribution in [0.3, 0.4) is 0 Å². The average molecular weight is 383 g/mol. The molecule has 5 atom stereocenters. The molecular weight excluding hydrogens is 364 g/mol. The largest absolute Gasteiger partial charge is 0.463 e. The minimum Gasteiger partial charge on any atom is -0.463 e. The summed E-state index contributed by atoms with van der Waals surface area (Å²) in [6.07, 6.45) is -3.24. The first kappa shape index (κ1) is 18.9. The van der Waals surface area contributed by atoms with Crippen LogP contribution in [-0.4, -0.2) is 61.1 Å². The zero-order chi connectivity index (χ0) is 16.9. The van der Waals surface area contributed by atoms with Crippen LogP contribution in [0.2, 0.25) is 0 Å². The van der Waals surface area contributed by atoms with Gasteiger partial charge in [-0.15, -0.1) is 0 Å². The van der Waals surface area contributed by atoms with Gasteiger partial charge in [-0.1, -0.05) is 15.9 Å². The van der Waals surface area contributed by atoms with Gasteiger partial charge in [0.2, 0.25) is 0 Å². The quantitative estimate of drug-likeness (QED) is 0.386. The Balaban J connectivity index is 2.96. The van der Waals surface area contributed by atoms with Gasteiger partial charge >= 0.3 is 17.9 Å². The van der Waals surface area contributed by atoms with Crippen molar-refractivity contribution in [3.8, 4) is 0 Å². The molecule has 0 aromatic carbocycles. The van der Waals surface area contributed by atoms with Crippen LogP contribution in [0.4, 0.5) is 0 Å². The lowest BCUT2D eigenvalue weighted by atomic mass is 9.99. The summed E-state index contributed by atoms with van der Waals surface area (Å²) >= 11 is 3.25. The first-order valence-corrected chi connectivity index (χ1v) is 7.48. The number of hydrogen-bond acceptors (Lipinski definition) is 8. The molecule has 1 fully saturated rings. The van der Waals surface area contributed by atoms with Crippen molar-refractivity contribution >= 4 is 33.8 Å². The summed E-state index contributed by atoms with van der Waals surface area (Å²) < 4.78 is 26.2. The number of methoxy groups -OCH3 is 1. The lowest BCUT2D eigenvalue weighted by molar-refractivity contribution is -0.233. The third kappa shape index (κ3) is 5.22. The van der Waals surface area contributed by atoms with E-state index < -0.39 is 47.3 Å². The Labute approximate surface area is 136 Å². The van der Waals surface area contributed by atoms with E-state index in [1.807, 2.05) is 0 Å². The van der Waals surface area contributed by atoms with Crippen LogP contribution >= 0.6 is 15.9 Å². The highest BCUT2D eigenvalue weighted by Crippen LogP contribution is 2.31. The topological polar surface area (TPSA) is 97.4 Å². The fourth-order valence-corrected chi connectivity index (χ4v) is 2.80. The van der Waals surface area contributed by atoms with Gasteiger partial charge in [-0.2, -0.15) is 0 Å². The Morgan fingerprint density at radius 2 is 1.50 bits per heavy atom. The highest BCUT2D eigenvalue weighted by molar-refractivity contribution is 9.09. The number of halogens is 1. The molecular formula is C13H19BrO8. The van der Waals surface area contributed by atoms with Crippen LogP contribution in [0, 0.1) is 0 Å². The molecule has 0 aliphatic carbocycles. The van der Waals surface area contributed by atoms with Gasteiger partial charge in [0.05, 0.1) is 0 Å². The van der Waals surface area contributed by atoms with Crippen molar-refractivity contribution in [1.82, 2.24) is 0 Å². The molecule has 0 aromatic heterocycles. The average Bonchev–Trinajstić information content (AvgIpc) is 2.39. The summed E-state index contributed by atoms with van der Waals surface area (Å²) in [6.45, 7) is 3.61. The molecule has 1 rings (SSSR count). The number of carbonyl (C=O) groups excluding carboxylic acids is 3. The molecule has 126 valence electrons. The second kappa shape index (κ2) is 8.44. The molecule has 0 N–H and O–H groups in total. The fourth-order valence-electron chi connectivity index (χ4n) is 2.12. The Hall–Kier alpha value is -1.19. The maximum Gasteiger partial charge on any atom is 0.303 e. The van der Waals surface area contributed by atoms with Gasteiger partial charge in [-0.25, -0.2) is 0 Å². The molecule has 1 aliphatic heterocycles. The van der Waals surface area contributed by atoms with Crippen molar-refractivity contribution < 1.29 is 38.1 Å². The third-order valence-electron chi connectivity index (χ3n) is 2.90. The number of rotatable bonds is 5. The van der Waals surface area contributed by atoms with Gasteiger partial charge < -0.3 is 23.7 Å². The van der Waals surface area contributed by atoms with Crippen molar-refractivity contribution in [2.45, 2.75) is 50.2 Å². The molecule has 1 saturated heterocycles. The molecule has 0 bridgehead atoms. The summed E-state index contributed by atoms with van der Waals surface area (Å²) in [5, 5.41) is -0.700. The molecule has 0 aromatic rings. The number of ether oxygens (including phenoxy) is 5. The van der Waals surface area contributed by atoms with Crippen molar-refractivity contribution in [3.05, 3.63) is 0 Å². The Kier molecular flexibility index (Phi) is 7.24. The minimum absolute atomic E-state index is 0.123. The van der Waals surface area contributed by atoms with Crippen molar-refractivity contribution in [3.63, 3.8) is 0 Å². The standard InChI is InChI=1S/C13H19BrO8/c1-6(15)19-5-9-10(20-7(2)16)11(18-4)12(13(14)22-9)21-8(3)17/h9-13H,5H2,1-4H3/t9-,10-,11+,12-,13+/m1/s1. The number of hydrogen-bond donors (Lipinski definition) is 0. The Morgan fingerprint density at radius 3 is 1.95 bits per heavy atom. The predicted molar refractivity (Wildman–Crippen MR) is 76.1 cm³/mol. The van der Waals surface area contributed by atoms with Gasteiger partial charge in [0.1, 0.15) is 18.8 Å². The van der Waals surface area contributed by atoms with Crippen LogP contribution in [0.5, 0.6) is 0 Å². The summed E-state index contributed by atoms with van der Waals surface area (Å²) in [6, 6.07) is 0. The van der Waals surface area contributed by atoms with Gasteiger partial charge in [0.25, 0.3) is 0 Å². The van der Waals surface area contributed by atoms with E-state index in [-0.39, 0.29) is 6.61 Å². The van der Waals surface area contributed by atoms with E-state index in [4.69, 9.17) is 23.7 Å². The van der Waals surface area contributed by atoms with E-state index in [0.29, 0.717) is 0 Å². The van der Waals surface area contributed by atoms with E-state index in [1.165, 1.54) is 27.9 Å². The van der Waals surface area contributed by atoms with Gasteiger partial charge in [0, 0.05) is 27.9 Å². The molecule has 8 nitrogen and oxygen atoms in total.